The Kier molecular flexibility index (Phi) is 3.16. The Labute approximate surface area is 96.1 Å². The molecule has 0 bridgehead atoms. The van der Waals surface area contributed by atoms with E-state index in [1.807, 2.05) is 31.3 Å². The highest BCUT2D eigenvalue weighted by Gasteiger charge is 2.02. The van der Waals surface area contributed by atoms with Crippen LogP contribution in [-0.4, -0.2) is 4.98 Å². The maximum absolute atomic E-state index is 4.46. The molecule has 0 saturated heterocycles. The van der Waals surface area contributed by atoms with Crippen LogP contribution in [0.25, 0.3) is 16.3 Å². The highest BCUT2D eigenvalue weighted by molar-refractivity contribution is 5.91. The van der Waals surface area contributed by atoms with Crippen molar-refractivity contribution in [1.82, 2.24) is 4.98 Å². The molecule has 1 aromatic carbocycles. The topological polar surface area (TPSA) is 12.9 Å². The molecule has 0 fully saturated rings. The molecule has 0 saturated carbocycles. The second-order valence-electron chi connectivity index (χ2n) is 3.76. The first-order valence-electron chi connectivity index (χ1n) is 5.46. The van der Waals surface area contributed by atoms with Gasteiger partial charge in [-0.3, -0.25) is 4.98 Å². The number of allylic oxidation sites excluding steroid dienone is 4. The van der Waals surface area contributed by atoms with Gasteiger partial charge in [-0.05, 0) is 30.9 Å². The first-order chi connectivity index (χ1) is 7.83. The van der Waals surface area contributed by atoms with Crippen LogP contribution in [0.3, 0.4) is 0 Å². The van der Waals surface area contributed by atoms with Gasteiger partial charge in [0.1, 0.15) is 0 Å². The van der Waals surface area contributed by atoms with Crippen LogP contribution in [0.5, 0.6) is 0 Å². The van der Waals surface area contributed by atoms with Crippen molar-refractivity contribution in [3.8, 4) is 0 Å². The fourth-order valence-corrected chi connectivity index (χ4v) is 1.75. The zero-order valence-electron chi connectivity index (χ0n) is 9.64. The van der Waals surface area contributed by atoms with Gasteiger partial charge in [0.05, 0.1) is 5.69 Å². The number of pyridine rings is 1. The highest BCUT2D eigenvalue weighted by atomic mass is 14.7. The summed E-state index contributed by atoms with van der Waals surface area (Å²) in [5.41, 5.74) is 2.26. The van der Waals surface area contributed by atoms with Crippen molar-refractivity contribution >= 4 is 16.3 Å². The molecule has 0 spiro atoms. The molecule has 1 heteroatoms. The third-order valence-electron chi connectivity index (χ3n) is 2.59. The van der Waals surface area contributed by atoms with Crippen molar-refractivity contribution < 1.29 is 0 Å². The van der Waals surface area contributed by atoms with E-state index < -0.39 is 0 Å². The quantitative estimate of drug-likeness (QED) is 0.675. The Hall–Kier alpha value is -1.89. The van der Waals surface area contributed by atoms with Gasteiger partial charge in [0.2, 0.25) is 0 Å². The predicted octanol–water partition coefficient (Wildman–Crippen LogP) is 4.21. The molecule has 0 atom stereocenters. The van der Waals surface area contributed by atoms with Gasteiger partial charge in [-0.25, -0.2) is 0 Å². The maximum Gasteiger partial charge on any atom is 0.0737 e. The molecular weight excluding hydrogens is 194 g/mol. The van der Waals surface area contributed by atoms with Gasteiger partial charge in [0.25, 0.3) is 0 Å². The Balaban J connectivity index is 2.60. The minimum absolute atomic E-state index is 1.07. The largest absolute Gasteiger partial charge is 0.256 e. The molecule has 2 aromatic rings. The summed E-state index contributed by atoms with van der Waals surface area (Å²) in [6, 6.07) is 10.4. The molecule has 1 nitrogen and oxygen atoms in total. The summed E-state index contributed by atoms with van der Waals surface area (Å²) < 4.78 is 0. The lowest BCUT2D eigenvalue weighted by Gasteiger charge is -2.04. The van der Waals surface area contributed by atoms with E-state index in [2.05, 4.69) is 42.2 Å². The van der Waals surface area contributed by atoms with E-state index >= 15 is 0 Å². The van der Waals surface area contributed by atoms with E-state index in [9.17, 15) is 0 Å². The molecule has 0 unspecified atom stereocenters. The van der Waals surface area contributed by atoms with Crippen LogP contribution >= 0.6 is 0 Å². The Morgan fingerprint density at radius 2 is 2.00 bits per heavy atom. The average molecular weight is 209 g/mol. The molecule has 2 rings (SSSR count). The number of rotatable bonds is 2. The summed E-state index contributed by atoms with van der Waals surface area (Å²) in [6.07, 6.45) is 8.02. The SMILES string of the molecule is C/C=C\C=C(/C)c1nccc2ccccc12. The van der Waals surface area contributed by atoms with Gasteiger partial charge in [-0.15, -0.1) is 0 Å². The molecule has 0 radical (unpaired) electrons. The van der Waals surface area contributed by atoms with E-state index in [-0.39, 0.29) is 0 Å². The molecule has 1 aromatic heterocycles. The van der Waals surface area contributed by atoms with Gasteiger partial charge < -0.3 is 0 Å². The van der Waals surface area contributed by atoms with Gasteiger partial charge >= 0.3 is 0 Å². The summed E-state index contributed by atoms with van der Waals surface area (Å²) in [6.45, 7) is 4.11. The van der Waals surface area contributed by atoms with Crippen LogP contribution in [0.15, 0.2) is 54.8 Å². The third-order valence-corrected chi connectivity index (χ3v) is 2.59. The van der Waals surface area contributed by atoms with Crippen LogP contribution in [0.4, 0.5) is 0 Å². The van der Waals surface area contributed by atoms with Gasteiger partial charge in [0, 0.05) is 11.6 Å². The van der Waals surface area contributed by atoms with E-state index in [4.69, 9.17) is 0 Å². The van der Waals surface area contributed by atoms with Crippen molar-refractivity contribution in [3.05, 3.63) is 60.5 Å². The minimum Gasteiger partial charge on any atom is -0.256 e. The number of hydrogen-bond donors (Lipinski definition) is 0. The molecule has 80 valence electrons. The molecule has 0 amide bonds. The number of benzene rings is 1. The molecule has 0 aliphatic heterocycles. The van der Waals surface area contributed by atoms with Gasteiger partial charge in [-0.1, -0.05) is 42.5 Å². The Morgan fingerprint density at radius 3 is 2.81 bits per heavy atom. The van der Waals surface area contributed by atoms with Crippen LogP contribution in [0.1, 0.15) is 19.5 Å². The van der Waals surface area contributed by atoms with Gasteiger partial charge in [-0.2, -0.15) is 0 Å². The molecule has 0 N–H and O–H groups in total. The summed E-state index contributed by atoms with van der Waals surface area (Å²) >= 11 is 0. The number of hydrogen-bond acceptors (Lipinski definition) is 1. The van der Waals surface area contributed by atoms with E-state index in [0.717, 1.165) is 5.69 Å². The molecule has 16 heavy (non-hydrogen) atoms. The first kappa shape index (κ1) is 10.6. The maximum atomic E-state index is 4.46. The molecule has 0 aliphatic carbocycles. The monoisotopic (exact) mass is 209 g/mol. The molecule has 0 aliphatic rings. The zero-order chi connectivity index (χ0) is 11.4. The Morgan fingerprint density at radius 1 is 1.19 bits per heavy atom. The van der Waals surface area contributed by atoms with E-state index in [1.54, 1.807) is 0 Å². The van der Waals surface area contributed by atoms with Crippen molar-refractivity contribution in [2.75, 3.05) is 0 Å². The lowest BCUT2D eigenvalue weighted by Crippen LogP contribution is -1.87. The normalized spacial score (nSPS) is 12.5. The first-order valence-corrected chi connectivity index (χ1v) is 5.46. The van der Waals surface area contributed by atoms with Gasteiger partial charge in [0.15, 0.2) is 0 Å². The number of nitrogens with zero attached hydrogens (tertiary/aromatic N) is 1. The predicted molar refractivity (Wildman–Crippen MR) is 70.2 cm³/mol. The Bertz CT molecular complexity index is 545. The molecule has 1 heterocycles. The zero-order valence-corrected chi connectivity index (χ0v) is 9.64. The smallest absolute Gasteiger partial charge is 0.0737 e. The van der Waals surface area contributed by atoms with Crippen LogP contribution in [0, 0.1) is 0 Å². The van der Waals surface area contributed by atoms with Crippen LogP contribution in [0.2, 0.25) is 0 Å². The second-order valence-corrected chi connectivity index (χ2v) is 3.76. The summed E-state index contributed by atoms with van der Waals surface area (Å²) in [5, 5.41) is 2.45. The number of aromatic nitrogens is 1. The molecular formula is C15H15N. The fraction of sp³-hybridized carbons (Fsp3) is 0.133. The van der Waals surface area contributed by atoms with Crippen molar-refractivity contribution in [2.24, 2.45) is 0 Å². The van der Waals surface area contributed by atoms with E-state index in [0.29, 0.717) is 0 Å². The minimum atomic E-state index is 1.07. The summed E-state index contributed by atoms with van der Waals surface area (Å²) in [7, 11) is 0. The van der Waals surface area contributed by atoms with Crippen LogP contribution in [-0.2, 0) is 0 Å². The average Bonchev–Trinajstić information content (AvgIpc) is 2.35. The summed E-state index contributed by atoms with van der Waals surface area (Å²) in [5.74, 6) is 0. The lowest BCUT2D eigenvalue weighted by atomic mass is 10.1. The van der Waals surface area contributed by atoms with Crippen LogP contribution < -0.4 is 0 Å². The number of fused-ring (bicyclic) bond motifs is 1. The van der Waals surface area contributed by atoms with E-state index in [1.165, 1.54) is 16.3 Å². The van der Waals surface area contributed by atoms with Crippen molar-refractivity contribution in [2.45, 2.75) is 13.8 Å². The highest BCUT2D eigenvalue weighted by Crippen LogP contribution is 2.22. The standard InChI is InChI=1S/C15H15N/c1-3-4-7-12(2)15-14-9-6-5-8-13(14)10-11-16-15/h3-11H,1-2H3/b4-3-,12-7+. The van der Waals surface area contributed by atoms with Crippen molar-refractivity contribution in [3.63, 3.8) is 0 Å². The third kappa shape index (κ3) is 2.03. The lowest BCUT2D eigenvalue weighted by molar-refractivity contribution is 1.30. The second kappa shape index (κ2) is 4.75. The summed E-state index contributed by atoms with van der Waals surface area (Å²) in [4.78, 5) is 4.46. The van der Waals surface area contributed by atoms with Crippen molar-refractivity contribution in [1.29, 1.82) is 0 Å². The fourth-order valence-electron chi connectivity index (χ4n) is 1.75.